The van der Waals surface area contributed by atoms with Crippen molar-refractivity contribution in [3.63, 3.8) is 0 Å². The first kappa shape index (κ1) is 19.5. The zero-order valence-corrected chi connectivity index (χ0v) is 17.0. The molecule has 1 N–H and O–H groups in total. The van der Waals surface area contributed by atoms with Gasteiger partial charge in [0.2, 0.25) is 5.91 Å². The van der Waals surface area contributed by atoms with Gasteiger partial charge in [0.1, 0.15) is 0 Å². The van der Waals surface area contributed by atoms with E-state index >= 15 is 0 Å². The average molecular weight is 396 g/mol. The van der Waals surface area contributed by atoms with Gasteiger partial charge in [0.15, 0.2) is 0 Å². The third-order valence-corrected chi connectivity index (χ3v) is 5.89. The van der Waals surface area contributed by atoms with Crippen molar-refractivity contribution in [1.82, 2.24) is 0 Å². The molecular formula is C23H22ClNOS. The van der Waals surface area contributed by atoms with Crippen molar-refractivity contribution in [2.45, 2.75) is 19.1 Å². The lowest BCUT2D eigenvalue weighted by Crippen LogP contribution is -2.16. The van der Waals surface area contributed by atoms with E-state index in [2.05, 4.69) is 29.6 Å². The molecule has 1 amide bonds. The lowest BCUT2D eigenvalue weighted by atomic mass is 10.0. The summed E-state index contributed by atoms with van der Waals surface area (Å²) in [5.74, 6) is 0.295. The second-order valence-electron chi connectivity index (χ2n) is 6.50. The Morgan fingerprint density at radius 1 is 0.963 bits per heavy atom. The molecule has 3 aromatic rings. The standard InChI is InChI=1S/C23H22ClNOS/c1-16-13-17(2)22(20(24)14-16)25-21(26)15-27-23(18-9-5-3-6-10-18)19-11-7-4-8-12-19/h3-14,23H,15H2,1-2H3,(H,25,26). The smallest absolute Gasteiger partial charge is 0.234 e. The molecule has 0 fully saturated rings. The van der Waals surface area contributed by atoms with E-state index in [-0.39, 0.29) is 11.2 Å². The number of carbonyl (C=O) groups excluding carboxylic acids is 1. The maximum absolute atomic E-state index is 12.6. The minimum atomic E-state index is -0.0503. The van der Waals surface area contributed by atoms with Crippen molar-refractivity contribution in [1.29, 1.82) is 0 Å². The average Bonchev–Trinajstić information content (AvgIpc) is 2.66. The van der Waals surface area contributed by atoms with Crippen LogP contribution in [0.25, 0.3) is 0 Å². The largest absolute Gasteiger partial charge is 0.324 e. The lowest BCUT2D eigenvalue weighted by molar-refractivity contribution is -0.113. The molecule has 0 atom stereocenters. The Bertz CT molecular complexity index is 850. The van der Waals surface area contributed by atoms with E-state index in [9.17, 15) is 4.79 Å². The fraction of sp³-hybridized carbons (Fsp3) is 0.174. The van der Waals surface area contributed by atoms with Gasteiger partial charge >= 0.3 is 0 Å². The number of hydrogen-bond donors (Lipinski definition) is 1. The monoisotopic (exact) mass is 395 g/mol. The minimum Gasteiger partial charge on any atom is -0.324 e. The van der Waals surface area contributed by atoms with Crippen LogP contribution in [0.4, 0.5) is 5.69 Å². The summed E-state index contributed by atoms with van der Waals surface area (Å²) in [7, 11) is 0. The van der Waals surface area contributed by atoms with Crippen LogP contribution in [0.2, 0.25) is 5.02 Å². The molecular weight excluding hydrogens is 374 g/mol. The normalized spacial score (nSPS) is 10.8. The van der Waals surface area contributed by atoms with E-state index in [0.717, 1.165) is 11.1 Å². The van der Waals surface area contributed by atoms with Gasteiger partial charge in [0.25, 0.3) is 0 Å². The van der Waals surface area contributed by atoms with E-state index in [1.807, 2.05) is 62.4 Å². The second kappa shape index (κ2) is 9.12. The highest BCUT2D eigenvalue weighted by molar-refractivity contribution is 8.00. The van der Waals surface area contributed by atoms with Crippen LogP contribution in [0.3, 0.4) is 0 Å². The Hall–Kier alpha value is -2.23. The molecule has 138 valence electrons. The number of amides is 1. The minimum absolute atomic E-state index is 0.0503. The number of anilines is 1. The molecule has 0 saturated carbocycles. The molecule has 0 bridgehead atoms. The Morgan fingerprint density at radius 3 is 2.04 bits per heavy atom. The summed E-state index contributed by atoms with van der Waals surface area (Å²) < 4.78 is 0. The molecule has 2 nitrogen and oxygen atoms in total. The van der Waals surface area contributed by atoms with Crippen molar-refractivity contribution in [2.75, 3.05) is 11.1 Å². The maximum Gasteiger partial charge on any atom is 0.234 e. The highest BCUT2D eigenvalue weighted by Gasteiger charge is 2.17. The highest BCUT2D eigenvalue weighted by Crippen LogP contribution is 2.35. The van der Waals surface area contributed by atoms with Gasteiger partial charge in [-0.15, -0.1) is 11.8 Å². The van der Waals surface area contributed by atoms with E-state index in [1.54, 1.807) is 11.8 Å². The van der Waals surface area contributed by atoms with Gasteiger partial charge in [-0.1, -0.05) is 78.3 Å². The molecule has 0 saturated heterocycles. The lowest BCUT2D eigenvalue weighted by Gasteiger charge is -2.18. The molecule has 0 aliphatic heterocycles. The van der Waals surface area contributed by atoms with Gasteiger partial charge in [-0.2, -0.15) is 0 Å². The second-order valence-corrected chi connectivity index (χ2v) is 8.00. The zero-order chi connectivity index (χ0) is 19.2. The van der Waals surface area contributed by atoms with E-state index in [1.165, 1.54) is 11.1 Å². The first-order chi connectivity index (χ1) is 13.0. The molecule has 0 heterocycles. The molecule has 4 heteroatoms. The SMILES string of the molecule is Cc1cc(C)c(NC(=O)CSC(c2ccccc2)c2ccccc2)c(Cl)c1. The predicted octanol–water partition coefficient (Wildman–Crippen LogP) is 6.42. The zero-order valence-electron chi connectivity index (χ0n) is 15.4. The van der Waals surface area contributed by atoms with Crippen molar-refractivity contribution in [3.8, 4) is 0 Å². The van der Waals surface area contributed by atoms with Gasteiger partial charge in [-0.05, 0) is 42.2 Å². The van der Waals surface area contributed by atoms with Gasteiger partial charge in [0.05, 0.1) is 21.7 Å². The third-order valence-electron chi connectivity index (χ3n) is 4.28. The van der Waals surface area contributed by atoms with Crippen LogP contribution in [0.15, 0.2) is 72.8 Å². The maximum atomic E-state index is 12.6. The Kier molecular flexibility index (Phi) is 6.59. The molecule has 0 spiro atoms. The molecule has 3 aromatic carbocycles. The molecule has 0 aromatic heterocycles. The summed E-state index contributed by atoms with van der Waals surface area (Å²) in [4.78, 5) is 12.6. The van der Waals surface area contributed by atoms with Gasteiger partial charge in [0, 0.05) is 0 Å². The summed E-state index contributed by atoms with van der Waals surface area (Å²) >= 11 is 7.93. The van der Waals surface area contributed by atoms with Crippen molar-refractivity contribution < 1.29 is 4.79 Å². The van der Waals surface area contributed by atoms with Crippen LogP contribution in [0, 0.1) is 13.8 Å². The summed E-state index contributed by atoms with van der Waals surface area (Å²) in [5.41, 5.74) is 5.13. The fourth-order valence-corrected chi connectivity index (χ4v) is 4.51. The number of hydrogen-bond acceptors (Lipinski definition) is 2. The number of benzene rings is 3. The molecule has 3 rings (SSSR count). The molecule has 0 aliphatic rings. The van der Waals surface area contributed by atoms with Gasteiger partial charge in [-0.25, -0.2) is 0 Å². The summed E-state index contributed by atoms with van der Waals surface area (Å²) in [6.07, 6.45) is 0. The Morgan fingerprint density at radius 2 is 1.52 bits per heavy atom. The van der Waals surface area contributed by atoms with Crippen molar-refractivity contribution >= 4 is 35.0 Å². The number of thioether (sulfide) groups is 1. The first-order valence-corrected chi connectivity index (χ1v) is 10.3. The van der Waals surface area contributed by atoms with Gasteiger partial charge < -0.3 is 5.32 Å². The Balaban J connectivity index is 1.73. The highest BCUT2D eigenvalue weighted by atomic mass is 35.5. The third kappa shape index (κ3) is 5.15. The summed E-state index contributed by atoms with van der Waals surface area (Å²) in [6, 6.07) is 24.4. The van der Waals surface area contributed by atoms with E-state index in [4.69, 9.17) is 11.6 Å². The fourth-order valence-electron chi connectivity index (χ4n) is 3.05. The molecule has 0 aliphatic carbocycles. The van der Waals surface area contributed by atoms with Crippen LogP contribution in [0.1, 0.15) is 27.5 Å². The number of nitrogens with one attached hydrogen (secondary N) is 1. The van der Waals surface area contributed by atoms with E-state index < -0.39 is 0 Å². The van der Waals surface area contributed by atoms with Crippen molar-refractivity contribution in [2.24, 2.45) is 0 Å². The topological polar surface area (TPSA) is 29.1 Å². The number of rotatable bonds is 6. The molecule has 27 heavy (non-hydrogen) atoms. The van der Waals surface area contributed by atoms with E-state index in [0.29, 0.717) is 16.5 Å². The van der Waals surface area contributed by atoms with Crippen LogP contribution in [-0.4, -0.2) is 11.7 Å². The number of carbonyl (C=O) groups is 1. The first-order valence-electron chi connectivity index (χ1n) is 8.82. The molecule has 0 unspecified atom stereocenters. The predicted molar refractivity (Wildman–Crippen MR) is 117 cm³/mol. The summed E-state index contributed by atoms with van der Waals surface area (Å²) in [6.45, 7) is 3.95. The van der Waals surface area contributed by atoms with Gasteiger partial charge in [-0.3, -0.25) is 4.79 Å². The number of aryl methyl sites for hydroxylation is 2. The van der Waals surface area contributed by atoms with Crippen LogP contribution in [-0.2, 0) is 4.79 Å². The van der Waals surface area contributed by atoms with Crippen molar-refractivity contribution in [3.05, 3.63) is 100 Å². The quantitative estimate of drug-likeness (QED) is 0.521. The van der Waals surface area contributed by atoms with Crippen LogP contribution >= 0.6 is 23.4 Å². The number of halogens is 1. The summed E-state index contributed by atoms with van der Waals surface area (Å²) in [5, 5.41) is 3.65. The molecule has 0 radical (unpaired) electrons. The Labute approximate surface area is 170 Å². The van der Waals surface area contributed by atoms with Crippen LogP contribution < -0.4 is 5.32 Å². The van der Waals surface area contributed by atoms with Crippen LogP contribution in [0.5, 0.6) is 0 Å².